The molecule has 1 aliphatic rings. The molecule has 4 rings (SSSR count). The summed E-state index contributed by atoms with van der Waals surface area (Å²) in [7, 11) is 0. The predicted molar refractivity (Wildman–Crippen MR) is 111 cm³/mol. The molecule has 1 fully saturated rings. The van der Waals surface area contributed by atoms with Crippen LogP contribution in [0, 0.1) is 0 Å². The van der Waals surface area contributed by atoms with Crippen LogP contribution in [0.5, 0.6) is 0 Å². The summed E-state index contributed by atoms with van der Waals surface area (Å²) in [6, 6.07) is 3.01. The van der Waals surface area contributed by atoms with Gasteiger partial charge < -0.3 is 4.90 Å². The molecule has 0 bridgehead atoms. The van der Waals surface area contributed by atoms with E-state index in [9.17, 15) is 4.79 Å². The largest absolute Gasteiger partial charge is 0.306 e. The van der Waals surface area contributed by atoms with Gasteiger partial charge in [-0.25, -0.2) is 4.68 Å². The van der Waals surface area contributed by atoms with Crippen molar-refractivity contribution >= 4 is 22.4 Å². The normalized spacial score (nSPS) is 24.3. The van der Waals surface area contributed by atoms with Crippen LogP contribution in [0.25, 0.3) is 10.8 Å². The summed E-state index contributed by atoms with van der Waals surface area (Å²) >= 11 is 5.97. The van der Waals surface area contributed by atoms with Crippen LogP contribution in [0.4, 0.5) is 0 Å². The Labute approximate surface area is 177 Å². The Morgan fingerprint density at radius 3 is 2.78 bits per heavy atom. The van der Waals surface area contributed by atoms with Crippen LogP contribution in [0.15, 0.2) is 53.2 Å². The second kappa shape index (κ2) is 7.83. The molecule has 4 nitrogen and oxygen atoms in total. The monoisotopic (exact) mass is 390 g/mol. The lowest BCUT2D eigenvalue weighted by Gasteiger charge is -2.19. The number of fused-ring (bicyclic) bond motifs is 1. The Morgan fingerprint density at radius 1 is 1.22 bits per heavy atom. The van der Waals surface area contributed by atoms with E-state index in [2.05, 4.69) is 5.10 Å². The number of halogens is 1. The molecule has 3 aromatic rings. The second-order valence-corrected chi connectivity index (χ2v) is 6.99. The van der Waals surface area contributed by atoms with Crippen molar-refractivity contribution in [1.29, 1.82) is 0 Å². The number of benzene rings is 2. The highest BCUT2D eigenvalue weighted by molar-refractivity contribution is 6.30. The van der Waals surface area contributed by atoms with Gasteiger partial charge in [0.15, 0.2) is 0 Å². The van der Waals surface area contributed by atoms with Crippen LogP contribution >= 0.6 is 11.6 Å². The Kier molecular flexibility index (Phi) is 3.01. The maximum atomic E-state index is 13.6. The highest BCUT2D eigenvalue weighted by atomic mass is 35.5. The van der Waals surface area contributed by atoms with Gasteiger partial charge >= 0.3 is 0 Å². The fourth-order valence-electron chi connectivity index (χ4n) is 3.30. The Balaban J connectivity index is 1.99. The minimum Gasteiger partial charge on any atom is -0.306 e. The maximum Gasteiger partial charge on any atom is 0.274 e. The molecule has 1 aliphatic heterocycles. The van der Waals surface area contributed by atoms with E-state index in [-0.39, 0.29) is 35.0 Å². The maximum absolute atomic E-state index is 13.6. The van der Waals surface area contributed by atoms with Crippen molar-refractivity contribution in [2.24, 2.45) is 0 Å². The van der Waals surface area contributed by atoms with Crippen molar-refractivity contribution in [3.8, 4) is 0 Å². The summed E-state index contributed by atoms with van der Waals surface area (Å²) in [5, 5.41) is 4.15. The van der Waals surface area contributed by atoms with Gasteiger partial charge in [-0.15, -0.1) is 0 Å². The van der Waals surface area contributed by atoms with Crippen molar-refractivity contribution in [2.75, 3.05) is 20.1 Å². The van der Waals surface area contributed by atoms with Gasteiger partial charge in [0.25, 0.3) is 5.56 Å². The number of nitrogens with zero attached hydrogens (tertiary/aromatic N) is 3. The first-order valence-electron chi connectivity index (χ1n) is 13.3. The lowest BCUT2D eigenvalue weighted by molar-refractivity contribution is 0.334. The number of hydrogen-bond acceptors (Lipinski definition) is 3. The molecule has 0 amide bonds. The fraction of sp³-hybridized carbons (Fsp3) is 0.364. The Bertz CT molecular complexity index is 1370. The van der Waals surface area contributed by atoms with Gasteiger partial charge in [-0.3, -0.25) is 4.79 Å². The third-order valence-corrected chi connectivity index (χ3v) is 4.96. The zero-order chi connectivity index (χ0) is 26.6. The molecule has 0 radical (unpaired) electrons. The van der Waals surface area contributed by atoms with Crippen molar-refractivity contribution in [3.05, 3.63) is 75.1 Å². The molecule has 2 aromatic carbocycles. The zero-order valence-electron chi connectivity index (χ0n) is 23.6. The molecule has 2 heterocycles. The summed E-state index contributed by atoms with van der Waals surface area (Å²) in [5.74, 6) is 0. The quantitative estimate of drug-likeness (QED) is 0.669. The molecule has 140 valence electrons. The van der Waals surface area contributed by atoms with E-state index in [1.165, 1.54) is 29.2 Å². The molecule has 0 saturated carbocycles. The van der Waals surface area contributed by atoms with Crippen LogP contribution in [0.2, 0.25) is 5.02 Å². The fourth-order valence-corrected chi connectivity index (χ4v) is 3.42. The molecule has 1 unspecified atom stereocenters. The number of likely N-dealkylation sites (tertiary alicyclic amines) is 1. The van der Waals surface area contributed by atoms with Crippen LogP contribution in [-0.4, -0.2) is 34.7 Å². The van der Waals surface area contributed by atoms with Gasteiger partial charge in [-0.1, -0.05) is 41.9 Å². The zero-order valence-corrected chi connectivity index (χ0v) is 15.3. The molecule has 1 aromatic heterocycles. The SMILES string of the molecule is [2H]c1c([2H])c([2H])c2c(=O)n(C3CCCN(C([2H])([2H])[2H])CC3)nc(C([2H])([2H])c3ccc(Cl)cc3)c2c1[2H]. The summed E-state index contributed by atoms with van der Waals surface area (Å²) in [6.07, 6.45) is -1.22. The van der Waals surface area contributed by atoms with E-state index in [1.54, 1.807) is 0 Å². The molecular formula is C22H24ClN3O. The van der Waals surface area contributed by atoms with Gasteiger partial charge in [0.1, 0.15) is 0 Å². The molecule has 5 heteroatoms. The van der Waals surface area contributed by atoms with Crippen LogP contribution in [0.3, 0.4) is 0 Å². The molecular weight excluding hydrogens is 358 g/mol. The Morgan fingerprint density at radius 2 is 2.00 bits per heavy atom. The predicted octanol–water partition coefficient (Wildman–Crippen LogP) is 4.30. The summed E-state index contributed by atoms with van der Waals surface area (Å²) in [4.78, 5) is 14.9. The molecule has 1 atom stereocenters. The average molecular weight is 391 g/mol. The first-order valence-corrected chi connectivity index (χ1v) is 9.17. The third-order valence-electron chi connectivity index (χ3n) is 4.70. The van der Waals surface area contributed by atoms with Crippen molar-refractivity contribution in [1.82, 2.24) is 14.7 Å². The summed E-state index contributed by atoms with van der Waals surface area (Å²) in [6.45, 7) is -1.82. The average Bonchev–Trinajstić information content (AvgIpc) is 3.07. The number of aromatic nitrogens is 2. The standard InChI is InChI=1S/C22H24ClN3O/c1-25-13-4-5-18(12-14-25)26-22(27)20-7-3-2-6-19(20)21(24-26)15-16-8-10-17(23)11-9-16/h2-3,6-11,18H,4-5,12-15H2,1H3/i1D3,2D,3D,6D,7D,15D2. The van der Waals surface area contributed by atoms with Gasteiger partial charge in [0.2, 0.25) is 0 Å². The van der Waals surface area contributed by atoms with E-state index in [4.69, 9.17) is 23.9 Å². The summed E-state index contributed by atoms with van der Waals surface area (Å²) in [5.41, 5.74) is -0.934. The van der Waals surface area contributed by atoms with Crippen molar-refractivity contribution < 1.29 is 12.3 Å². The van der Waals surface area contributed by atoms with Crippen LogP contribution < -0.4 is 5.56 Å². The van der Waals surface area contributed by atoms with Crippen molar-refractivity contribution in [2.45, 2.75) is 31.7 Å². The first kappa shape index (κ1) is 10.4. The third kappa shape index (κ3) is 3.92. The number of rotatable bonds is 3. The molecule has 0 N–H and O–H groups in total. The van der Waals surface area contributed by atoms with E-state index >= 15 is 0 Å². The van der Waals surface area contributed by atoms with Crippen LogP contribution in [-0.2, 0) is 6.37 Å². The highest BCUT2D eigenvalue weighted by Gasteiger charge is 2.21. The molecule has 0 spiro atoms. The van der Waals surface area contributed by atoms with Gasteiger partial charge in [0.05, 0.1) is 22.6 Å². The minimum atomic E-state index is -2.34. The van der Waals surface area contributed by atoms with Crippen molar-refractivity contribution in [3.63, 3.8) is 0 Å². The second-order valence-electron chi connectivity index (χ2n) is 6.55. The highest BCUT2D eigenvalue weighted by Crippen LogP contribution is 2.23. The molecule has 0 aliphatic carbocycles. The topological polar surface area (TPSA) is 38.1 Å². The van der Waals surface area contributed by atoms with E-state index < -0.39 is 49.1 Å². The lowest BCUT2D eigenvalue weighted by Crippen LogP contribution is -2.29. The first-order chi connectivity index (χ1) is 16.7. The van der Waals surface area contributed by atoms with Crippen LogP contribution in [0.1, 0.15) is 48.9 Å². The smallest absolute Gasteiger partial charge is 0.274 e. The van der Waals surface area contributed by atoms with E-state index in [1.807, 2.05) is 0 Å². The lowest BCUT2D eigenvalue weighted by atomic mass is 10.0. The van der Waals surface area contributed by atoms with E-state index in [0.29, 0.717) is 24.4 Å². The molecule has 1 saturated heterocycles. The Hall–Kier alpha value is -2.17. The van der Waals surface area contributed by atoms with Gasteiger partial charge in [0, 0.05) is 23.6 Å². The van der Waals surface area contributed by atoms with Gasteiger partial charge in [-0.2, -0.15) is 5.10 Å². The minimum absolute atomic E-state index is 0.146. The summed E-state index contributed by atoms with van der Waals surface area (Å²) < 4.78 is 75.0. The molecule has 27 heavy (non-hydrogen) atoms. The van der Waals surface area contributed by atoms with Gasteiger partial charge in [-0.05, 0) is 63.1 Å². The van der Waals surface area contributed by atoms with E-state index in [0.717, 1.165) is 4.68 Å². The number of hydrogen-bond donors (Lipinski definition) is 0.